The lowest BCUT2D eigenvalue weighted by Gasteiger charge is -2.22. The van der Waals surface area contributed by atoms with E-state index in [1.165, 1.54) is 12.1 Å². The van der Waals surface area contributed by atoms with Gasteiger partial charge in [-0.2, -0.15) is 0 Å². The van der Waals surface area contributed by atoms with Gasteiger partial charge in [0, 0.05) is 17.6 Å². The van der Waals surface area contributed by atoms with Crippen molar-refractivity contribution in [1.82, 2.24) is 10.6 Å². The molecule has 1 heterocycles. The molecule has 1 fully saturated rings. The third kappa shape index (κ3) is 3.62. The predicted molar refractivity (Wildman–Crippen MR) is 78.6 cm³/mol. The predicted octanol–water partition coefficient (Wildman–Crippen LogP) is 3.45. The van der Waals surface area contributed by atoms with Gasteiger partial charge in [0.1, 0.15) is 5.82 Å². The van der Waals surface area contributed by atoms with Crippen LogP contribution in [0, 0.1) is 5.82 Å². The number of rotatable bonds is 3. The number of benzene rings is 1. The Balaban J connectivity index is 2.13. The van der Waals surface area contributed by atoms with E-state index in [4.69, 9.17) is 23.2 Å². The fourth-order valence-corrected chi connectivity index (χ4v) is 2.91. The maximum Gasteiger partial charge on any atom is 0.237 e. The number of nitrogens with one attached hydrogen (secondary N) is 2. The highest BCUT2D eigenvalue weighted by molar-refractivity contribution is 6.35. The maximum absolute atomic E-state index is 13.5. The second-order valence-corrected chi connectivity index (χ2v) is 5.83. The molecule has 0 saturated carbocycles. The van der Waals surface area contributed by atoms with Crippen LogP contribution in [0.25, 0.3) is 0 Å². The Bertz CT molecular complexity index is 510. The van der Waals surface area contributed by atoms with Gasteiger partial charge in [-0.25, -0.2) is 4.39 Å². The van der Waals surface area contributed by atoms with Crippen LogP contribution in [0.15, 0.2) is 12.1 Å². The summed E-state index contributed by atoms with van der Waals surface area (Å²) in [5, 5.41) is 6.46. The van der Waals surface area contributed by atoms with Crippen molar-refractivity contribution in [3.63, 3.8) is 0 Å². The molecule has 1 amide bonds. The number of hydrogen-bond donors (Lipinski definition) is 2. The molecule has 0 bridgehead atoms. The van der Waals surface area contributed by atoms with Gasteiger partial charge in [0.15, 0.2) is 0 Å². The molecule has 0 unspecified atom stereocenters. The summed E-state index contributed by atoms with van der Waals surface area (Å²) in [6.07, 6.45) is 2.73. The minimum Gasteiger partial charge on any atom is -0.355 e. The van der Waals surface area contributed by atoms with E-state index in [1.54, 1.807) is 0 Å². The molecule has 1 saturated heterocycles. The molecule has 110 valence electrons. The van der Waals surface area contributed by atoms with Crippen molar-refractivity contribution in [3.8, 4) is 0 Å². The van der Waals surface area contributed by atoms with Crippen LogP contribution in [-0.4, -0.2) is 18.5 Å². The van der Waals surface area contributed by atoms with Gasteiger partial charge >= 0.3 is 0 Å². The lowest BCUT2D eigenvalue weighted by Crippen LogP contribution is -2.43. The quantitative estimate of drug-likeness (QED) is 0.838. The Hall–Kier alpha value is -0.840. The summed E-state index contributed by atoms with van der Waals surface area (Å²) >= 11 is 11.8. The zero-order chi connectivity index (χ0) is 14.7. The minimum absolute atomic E-state index is 0.00170. The van der Waals surface area contributed by atoms with Crippen LogP contribution in [0.5, 0.6) is 0 Å². The van der Waals surface area contributed by atoms with E-state index >= 15 is 0 Å². The highest BCUT2D eigenvalue weighted by Crippen LogP contribution is 2.29. The third-order valence-electron chi connectivity index (χ3n) is 3.49. The summed E-state index contributed by atoms with van der Waals surface area (Å²) in [6, 6.07) is 2.20. The molecule has 1 aliphatic heterocycles. The largest absolute Gasteiger partial charge is 0.355 e. The van der Waals surface area contributed by atoms with Gasteiger partial charge in [0.25, 0.3) is 0 Å². The summed E-state index contributed by atoms with van der Waals surface area (Å²) in [4.78, 5) is 11.9. The molecule has 1 aliphatic rings. The average molecular weight is 319 g/mol. The monoisotopic (exact) mass is 318 g/mol. The fourth-order valence-electron chi connectivity index (χ4n) is 2.36. The molecule has 20 heavy (non-hydrogen) atoms. The molecule has 3 nitrogen and oxygen atoms in total. The molecule has 6 heteroatoms. The Kier molecular flexibility index (Phi) is 5.24. The summed E-state index contributed by atoms with van der Waals surface area (Å²) in [6.45, 7) is 2.56. The number of amides is 1. The fraction of sp³-hybridized carbons (Fsp3) is 0.500. The van der Waals surface area contributed by atoms with Crippen molar-refractivity contribution in [2.24, 2.45) is 0 Å². The highest BCUT2D eigenvalue weighted by Gasteiger charge is 2.23. The molecule has 1 aromatic rings. The number of carbonyl (C=O) groups excluding carboxylic acids is 1. The van der Waals surface area contributed by atoms with Gasteiger partial charge in [-0.15, -0.1) is 0 Å². The van der Waals surface area contributed by atoms with Crippen molar-refractivity contribution in [2.45, 2.75) is 38.3 Å². The number of carbonyl (C=O) groups is 1. The second kappa shape index (κ2) is 6.74. The van der Waals surface area contributed by atoms with Crippen LogP contribution in [0.4, 0.5) is 4.39 Å². The van der Waals surface area contributed by atoms with E-state index < -0.39 is 5.82 Å². The molecule has 2 atom stereocenters. The molecule has 0 spiro atoms. The Morgan fingerprint density at radius 2 is 2.10 bits per heavy atom. The number of halogens is 3. The maximum atomic E-state index is 13.5. The lowest BCUT2D eigenvalue weighted by atomic mass is 10.0. The lowest BCUT2D eigenvalue weighted by molar-refractivity contribution is -0.123. The Morgan fingerprint density at radius 3 is 2.85 bits per heavy atom. The summed E-state index contributed by atoms with van der Waals surface area (Å²) in [5.74, 6) is -0.523. The standard InChI is InChI=1S/C14H17Cl2FN2O/c1-8(9-6-12(17)11(16)7-10(9)15)19-13-4-2-3-5-18-14(13)20/h6-8,13,19H,2-5H2,1H3,(H,18,20)/t8-,13+/m1/s1. The zero-order valence-corrected chi connectivity index (χ0v) is 12.7. The van der Waals surface area contributed by atoms with Crippen molar-refractivity contribution in [2.75, 3.05) is 6.54 Å². The summed E-state index contributed by atoms with van der Waals surface area (Å²) in [7, 11) is 0. The smallest absolute Gasteiger partial charge is 0.237 e. The van der Waals surface area contributed by atoms with Crippen molar-refractivity contribution >= 4 is 29.1 Å². The molecule has 2 N–H and O–H groups in total. The van der Waals surface area contributed by atoms with Crippen molar-refractivity contribution in [1.29, 1.82) is 0 Å². The minimum atomic E-state index is -0.509. The van der Waals surface area contributed by atoms with Crippen molar-refractivity contribution in [3.05, 3.63) is 33.6 Å². The normalized spacial score (nSPS) is 21.2. The second-order valence-electron chi connectivity index (χ2n) is 5.02. The first-order valence-electron chi connectivity index (χ1n) is 6.67. The first-order chi connectivity index (χ1) is 9.49. The Morgan fingerprint density at radius 1 is 1.35 bits per heavy atom. The van der Waals surface area contributed by atoms with Crippen molar-refractivity contribution < 1.29 is 9.18 Å². The van der Waals surface area contributed by atoms with Crippen LogP contribution >= 0.6 is 23.2 Å². The van der Waals surface area contributed by atoms with E-state index in [0.29, 0.717) is 17.1 Å². The molecule has 0 radical (unpaired) electrons. The van der Waals surface area contributed by atoms with Gasteiger partial charge in [-0.3, -0.25) is 10.1 Å². The van der Waals surface area contributed by atoms with Gasteiger partial charge in [-0.1, -0.05) is 23.2 Å². The molecular weight excluding hydrogens is 302 g/mol. The van der Waals surface area contributed by atoms with Crippen LogP contribution < -0.4 is 10.6 Å². The highest BCUT2D eigenvalue weighted by atomic mass is 35.5. The SMILES string of the molecule is C[C@@H](N[C@H]1CCCCNC1=O)c1cc(F)c(Cl)cc1Cl. The third-order valence-corrected chi connectivity index (χ3v) is 4.11. The van der Waals surface area contributed by atoms with Gasteiger partial charge < -0.3 is 5.32 Å². The first kappa shape index (κ1) is 15.5. The van der Waals surface area contributed by atoms with Gasteiger partial charge in [0.2, 0.25) is 5.91 Å². The van der Waals surface area contributed by atoms with E-state index in [2.05, 4.69) is 10.6 Å². The Labute approximate surface area is 127 Å². The number of hydrogen-bond acceptors (Lipinski definition) is 2. The summed E-state index contributed by atoms with van der Waals surface area (Å²) < 4.78 is 13.5. The van der Waals surface area contributed by atoms with Crippen LogP contribution in [-0.2, 0) is 4.79 Å². The van der Waals surface area contributed by atoms with Gasteiger partial charge in [0.05, 0.1) is 11.1 Å². The molecule has 0 aromatic heterocycles. The van der Waals surface area contributed by atoms with Crippen LogP contribution in [0.1, 0.15) is 37.8 Å². The summed E-state index contributed by atoms with van der Waals surface area (Å²) in [5.41, 5.74) is 0.602. The van der Waals surface area contributed by atoms with E-state index in [-0.39, 0.29) is 23.0 Å². The molecule has 2 rings (SSSR count). The molecule has 0 aliphatic carbocycles. The van der Waals surface area contributed by atoms with E-state index in [0.717, 1.165) is 19.3 Å². The van der Waals surface area contributed by atoms with Crippen LogP contribution in [0.3, 0.4) is 0 Å². The molecular formula is C14H17Cl2FN2O. The van der Waals surface area contributed by atoms with E-state index in [1.807, 2.05) is 6.92 Å². The first-order valence-corrected chi connectivity index (χ1v) is 7.43. The zero-order valence-electron chi connectivity index (χ0n) is 11.2. The van der Waals surface area contributed by atoms with Gasteiger partial charge in [-0.05, 0) is 43.9 Å². The average Bonchev–Trinajstić information content (AvgIpc) is 2.59. The molecule has 1 aromatic carbocycles. The van der Waals surface area contributed by atoms with E-state index in [9.17, 15) is 9.18 Å². The van der Waals surface area contributed by atoms with Crippen LogP contribution in [0.2, 0.25) is 10.0 Å². The topological polar surface area (TPSA) is 41.1 Å².